The molecular weight excluding hydrogens is 270 g/mol. The van der Waals surface area contributed by atoms with Crippen molar-refractivity contribution in [2.45, 2.75) is 24.4 Å². The summed E-state index contributed by atoms with van der Waals surface area (Å²) in [6.45, 7) is 1.29. The molecule has 0 spiro atoms. The van der Waals surface area contributed by atoms with Gasteiger partial charge in [0.25, 0.3) is 0 Å². The van der Waals surface area contributed by atoms with Gasteiger partial charge in [0.05, 0.1) is 17.4 Å². The monoisotopic (exact) mass is 285 g/mol. The van der Waals surface area contributed by atoms with Crippen LogP contribution in [0.15, 0.2) is 24.8 Å². The lowest BCUT2D eigenvalue weighted by molar-refractivity contribution is 0.0582. The zero-order chi connectivity index (χ0) is 14.4. The van der Waals surface area contributed by atoms with Gasteiger partial charge in [-0.05, 0) is 18.9 Å². The van der Waals surface area contributed by atoms with E-state index in [1.807, 2.05) is 6.07 Å². The predicted octanol–water partition coefficient (Wildman–Crippen LogP) is 0.966. The van der Waals surface area contributed by atoms with Crippen LogP contribution in [-0.4, -0.2) is 50.2 Å². The number of nitrogens with one attached hydrogen (secondary N) is 1. The van der Waals surface area contributed by atoms with Gasteiger partial charge in [-0.25, -0.2) is 14.8 Å². The molecule has 1 amide bonds. The summed E-state index contributed by atoms with van der Waals surface area (Å²) in [4.78, 5) is 26.1. The van der Waals surface area contributed by atoms with Crippen molar-refractivity contribution in [3.63, 3.8) is 0 Å². The molecule has 2 aliphatic heterocycles. The molecule has 2 unspecified atom stereocenters. The first-order valence-electron chi connectivity index (χ1n) is 7.00. The number of amides is 1. The Labute approximate surface area is 121 Å². The van der Waals surface area contributed by atoms with Crippen LogP contribution in [0.5, 0.6) is 0 Å². The molecule has 0 aromatic carbocycles. The molecule has 7 nitrogen and oxygen atoms in total. The summed E-state index contributed by atoms with van der Waals surface area (Å²) >= 11 is 0. The zero-order valence-corrected chi connectivity index (χ0v) is 11.4. The minimum atomic E-state index is -0.875. The number of fused-ring (bicyclic) bond motifs is 3. The first-order valence-corrected chi connectivity index (χ1v) is 7.00. The van der Waals surface area contributed by atoms with Crippen LogP contribution in [0.2, 0.25) is 0 Å². The number of hydrogen-bond acceptors (Lipinski definition) is 5. The number of hydrogen-bond donors (Lipinski definition) is 2. The number of piperazine rings is 1. The molecule has 0 saturated carbocycles. The zero-order valence-electron chi connectivity index (χ0n) is 11.4. The molecule has 2 N–H and O–H groups in total. The van der Waals surface area contributed by atoms with Gasteiger partial charge in [0.1, 0.15) is 11.9 Å². The molecule has 7 heteroatoms. The highest BCUT2D eigenvalue weighted by molar-refractivity contribution is 5.81. The maximum absolute atomic E-state index is 11.8. The molecule has 21 heavy (non-hydrogen) atoms. The number of nitrogens with zero attached hydrogens (tertiary/aromatic N) is 4. The summed E-state index contributed by atoms with van der Waals surface area (Å²) in [5, 5.41) is 13.9. The van der Waals surface area contributed by atoms with E-state index in [4.69, 9.17) is 0 Å². The van der Waals surface area contributed by atoms with E-state index in [0.717, 1.165) is 29.4 Å². The van der Waals surface area contributed by atoms with Crippen molar-refractivity contribution in [2.75, 3.05) is 13.1 Å². The SMILES string of the molecule is O=C(O)N1C2CCC1(c1ncnc3cnccc13)CNC2. The lowest BCUT2D eigenvalue weighted by Crippen LogP contribution is -2.60. The van der Waals surface area contributed by atoms with Crippen molar-refractivity contribution in [2.24, 2.45) is 0 Å². The molecule has 2 aromatic rings. The van der Waals surface area contributed by atoms with Crippen molar-refractivity contribution in [1.29, 1.82) is 0 Å². The fourth-order valence-corrected chi connectivity index (χ4v) is 3.75. The highest BCUT2D eigenvalue weighted by atomic mass is 16.4. The van der Waals surface area contributed by atoms with Crippen molar-refractivity contribution in [1.82, 2.24) is 25.2 Å². The maximum Gasteiger partial charge on any atom is 0.408 e. The summed E-state index contributed by atoms with van der Waals surface area (Å²) in [7, 11) is 0. The summed E-state index contributed by atoms with van der Waals surface area (Å²) in [6.07, 6.45) is 5.64. The third kappa shape index (κ3) is 1.64. The fraction of sp³-hybridized carbons (Fsp3) is 0.429. The van der Waals surface area contributed by atoms with E-state index < -0.39 is 11.6 Å². The molecule has 4 heterocycles. The first-order chi connectivity index (χ1) is 10.2. The number of aromatic nitrogens is 3. The van der Waals surface area contributed by atoms with Crippen molar-refractivity contribution in [3.8, 4) is 0 Å². The molecule has 2 atom stereocenters. The highest BCUT2D eigenvalue weighted by Gasteiger charge is 2.54. The summed E-state index contributed by atoms with van der Waals surface area (Å²) in [5.41, 5.74) is 0.931. The number of carboxylic acid groups (broad SMARTS) is 1. The lowest BCUT2D eigenvalue weighted by Gasteiger charge is -2.43. The van der Waals surface area contributed by atoms with E-state index in [0.29, 0.717) is 13.1 Å². The van der Waals surface area contributed by atoms with Crippen LogP contribution in [0.1, 0.15) is 18.5 Å². The summed E-state index contributed by atoms with van der Waals surface area (Å²) in [5.74, 6) is 0. The van der Waals surface area contributed by atoms with E-state index in [-0.39, 0.29) is 6.04 Å². The second-order valence-corrected chi connectivity index (χ2v) is 5.62. The largest absolute Gasteiger partial charge is 0.465 e. The van der Waals surface area contributed by atoms with Gasteiger partial charge in [0, 0.05) is 30.7 Å². The molecule has 108 valence electrons. The molecule has 2 aromatic heterocycles. The van der Waals surface area contributed by atoms with Crippen LogP contribution in [0.3, 0.4) is 0 Å². The Morgan fingerprint density at radius 3 is 3.24 bits per heavy atom. The average molecular weight is 285 g/mol. The van der Waals surface area contributed by atoms with E-state index >= 15 is 0 Å². The second-order valence-electron chi connectivity index (χ2n) is 5.62. The van der Waals surface area contributed by atoms with E-state index in [9.17, 15) is 9.90 Å². The molecule has 2 fully saturated rings. The van der Waals surface area contributed by atoms with Gasteiger partial charge in [-0.15, -0.1) is 0 Å². The number of carbonyl (C=O) groups is 1. The number of pyridine rings is 1. The molecule has 2 aliphatic rings. The van der Waals surface area contributed by atoms with Crippen LogP contribution in [0.4, 0.5) is 4.79 Å². The summed E-state index contributed by atoms with van der Waals surface area (Å²) < 4.78 is 0. The Kier molecular flexibility index (Phi) is 2.58. The van der Waals surface area contributed by atoms with Crippen LogP contribution >= 0.6 is 0 Å². The Balaban J connectivity index is 1.95. The van der Waals surface area contributed by atoms with E-state index in [1.165, 1.54) is 6.33 Å². The quantitative estimate of drug-likeness (QED) is 0.811. The molecule has 0 aliphatic carbocycles. The molecule has 0 radical (unpaired) electrons. The van der Waals surface area contributed by atoms with Crippen molar-refractivity contribution >= 4 is 17.0 Å². The second kappa shape index (κ2) is 4.36. The van der Waals surface area contributed by atoms with E-state index in [2.05, 4.69) is 20.3 Å². The molecule has 4 rings (SSSR count). The van der Waals surface area contributed by atoms with Gasteiger partial charge in [0.2, 0.25) is 0 Å². The maximum atomic E-state index is 11.8. The van der Waals surface area contributed by atoms with E-state index in [1.54, 1.807) is 17.3 Å². The Morgan fingerprint density at radius 2 is 2.38 bits per heavy atom. The van der Waals surface area contributed by atoms with Gasteiger partial charge in [-0.1, -0.05) is 0 Å². The van der Waals surface area contributed by atoms with Gasteiger partial charge in [-0.3, -0.25) is 9.88 Å². The molecular formula is C14H15N5O2. The molecule has 2 saturated heterocycles. The minimum Gasteiger partial charge on any atom is -0.465 e. The third-order valence-electron chi connectivity index (χ3n) is 4.60. The Morgan fingerprint density at radius 1 is 1.48 bits per heavy atom. The smallest absolute Gasteiger partial charge is 0.408 e. The number of rotatable bonds is 1. The third-order valence-corrected chi connectivity index (χ3v) is 4.60. The van der Waals surface area contributed by atoms with Crippen LogP contribution < -0.4 is 5.32 Å². The fourth-order valence-electron chi connectivity index (χ4n) is 3.75. The Hall–Kier alpha value is -2.28. The van der Waals surface area contributed by atoms with Crippen molar-refractivity contribution < 1.29 is 9.90 Å². The molecule has 2 bridgehead atoms. The van der Waals surface area contributed by atoms with Gasteiger partial charge >= 0.3 is 6.09 Å². The average Bonchev–Trinajstić information content (AvgIpc) is 2.74. The van der Waals surface area contributed by atoms with Gasteiger partial charge in [0.15, 0.2) is 0 Å². The van der Waals surface area contributed by atoms with Crippen LogP contribution in [0, 0.1) is 0 Å². The normalized spacial score (nSPS) is 28.0. The topological polar surface area (TPSA) is 91.2 Å². The summed E-state index contributed by atoms with van der Waals surface area (Å²) in [6, 6.07) is 1.88. The van der Waals surface area contributed by atoms with Crippen LogP contribution in [-0.2, 0) is 5.54 Å². The first kappa shape index (κ1) is 12.5. The standard InChI is InChI=1S/C14H15N5O2/c20-13(21)19-9-1-3-14(19,7-16-5-9)12-10-2-4-15-6-11(10)17-8-18-12/h2,4,6,8-9,16H,1,3,5,7H2,(H,20,21). The highest BCUT2D eigenvalue weighted by Crippen LogP contribution is 2.44. The van der Waals surface area contributed by atoms with Gasteiger partial charge < -0.3 is 10.4 Å². The van der Waals surface area contributed by atoms with Crippen molar-refractivity contribution in [3.05, 3.63) is 30.5 Å². The van der Waals surface area contributed by atoms with Gasteiger partial charge in [-0.2, -0.15) is 0 Å². The lowest BCUT2D eigenvalue weighted by atomic mass is 9.89. The predicted molar refractivity (Wildman–Crippen MR) is 74.8 cm³/mol. The van der Waals surface area contributed by atoms with Crippen LogP contribution in [0.25, 0.3) is 10.9 Å². The Bertz CT molecular complexity index is 712. The minimum absolute atomic E-state index is 0.0168.